The van der Waals surface area contributed by atoms with Crippen molar-refractivity contribution in [3.05, 3.63) is 87.2 Å². The number of rotatable bonds is 11. The second kappa shape index (κ2) is 14.1. The number of aromatic nitrogens is 5. The first-order valence-corrected chi connectivity index (χ1v) is 14.2. The van der Waals surface area contributed by atoms with Gasteiger partial charge in [-0.25, -0.2) is 9.97 Å². The van der Waals surface area contributed by atoms with Crippen molar-refractivity contribution in [3.8, 4) is 22.4 Å². The molecule has 9 nitrogen and oxygen atoms in total. The van der Waals surface area contributed by atoms with Crippen LogP contribution in [-0.2, 0) is 6.54 Å². The van der Waals surface area contributed by atoms with E-state index in [0.717, 1.165) is 6.92 Å². The van der Waals surface area contributed by atoms with Crippen LogP contribution in [0.4, 0.5) is 19.1 Å². The summed E-state index contributed by atoms with van der Waals surface area (Å²) in [5, 5.41) is 22.4. The molecule has 0 aliphatic carbocycles. The molecule has 0 amide bonds. The Bertz CT molecular complexity index is 1770. The number of aryl methyl sites for hydroxylation is 1. The molecule has 0 fully saturated rings. The van der Waals surface area contributed by atoms with Crippen LogP contribution in [0.25, 0.3) is 33.4 Å². The summed E-state index contributed by atoms with van der Waals surface area (Å²) in [5.41, 5.74) is 1.03. The van der Waals surface area contributed by atoms with Gasteiger partial charge < -0.3 is 15.5 Å². The number of benzene rings is 1. The number of alkyl halides is 3. The summed E-state index contributed by atoms with van der Waals surface area (Å²) in [4.78, 5) is 31.5. The van der Waals surface area contributed by atoms with Crippen LogP contribution in [0, 0.1) is 6.92 Å². The van der Waals surface area contributed by atoms with Crippen LogP contribution < -0.4 is 10.9 Å². The van der Waals surface area contributed by atoms with Crippen molar-refractivity contribution in [3.63, 3.8) is 0 Å². The molecule has 0 saturated heterocycles. The quantitative estimate of drug-likeness (QED) is 0.176. The largest absolute Gasteiger partial charge is 0.412 e. The number of hydrogen-bond acceptors (Lipinski definition) is 8. The summed E-state index contributed by atoms with van der Waals surface area (Å²) in [6.07, 6.45) is 3.45. The third kappa shape index (κ3) is 7.50. The van der Waals surface area contributed by atoms with Gasteiger partial charge in [0.05, 0.1) is 24.1 Å². The highest BCUT2D eigenvalue weighted by Gasteiger charge is 2.32. The van der Waals surface area contributed by atoms with Gasteiger partial charge in [0, 0.05) is 64.3 Å². The first kappa shape index (κ1) is 32.8. The lowest BCUT2D eigenvalue weighted by Gasteiger charge is -2.19. The Morgan fingerprint density at radius 1 is 1.09 bits per heavy atom. The number of halogens is 4. The zero-order chi connectivity index (χ0) is 32.0. The molecule has 0 spiro atoms. The van der Waals surface area contributed by atoms with Gasteiger partial charge in [0.1, 0.15) is 5.65 Å². The number of fused-ring (bicyclic) bond motifs is 1. The summed E-state index contributed by atoms with van der Waals surface area (Å²) in [5.74, 6) is 0.0936. The number of aliphatic hydroxyl groups is 2. The number of hydrogen-bond donors (Lipinski definition) is 3. The van der Waals surface area contributed by atoms with E-state index in [-0.39, 0.29) is 47.0 Å². The Kier molecular flexibility index (Phi) is 10.5. The molecule has 3 N–H and O–H groups in total. The lowest BCUT2D eigenvalue weighted by molar-refractivity contribution is -0.0921. The van der Waals surface area contributed by atoms with Crippen LogP contribution in [0.1, 0.15) is 32.4 Å². The highest BCUT2D eigenvalue weighted by molar-refractivity contribution is 6.33. The van der Waals surface area contributed by atoms with Gasteiger partial charge in [0.2, 0.25) is 5.95 Å². The second-order valence-corrected chi connectivity index (χ2v) is 10.6. The van der Waals surface area contributed by atoms with Gasteiger partial charge in [-0.05, 0) is 51.3 Å². The van der Waals surface area contributed by atoms with Gasteiger partial charge in [-0.3, -0.25) is 14.3 Å². The van der Waals surface area contributed by atoms with E-state index in [4.69, 9.17) is 11.6 Å². The number of allylic oxidation sites excluding steroid dienone is 4. The van der Waals surface area contributed by atoms with E-state index < -0.39 is 23.9 Å². The lowest BCUT2D eigenvalue weighted by atomic mass is 10.0. The molecule has 44 heavy (non-hydrogen) atoms. The molecule has 0 bridgehead atoms. The fourth-order valence-corrected chi connectivity index (χ4v) is 4.98. The monoisotopic (exact) mass is 628 g/mol. The van der Waals surface area contributed by atoms with Crippen LogP contribution in [0.5, 0.6) is 0 Å². The van der Waals surface area contributed by atoms with Gasteiger partial charge in [0.15, 0.2) is 0 Å². The van der Waals surface area contributed by atoms with Crippen LogP contribution in [0.15, 0.2) is 70.9 Å². The third-order valence-corrected chi connectivity index (χ3v) is 7.34. The molecule has 0 atom stereocenters. The van der Waals surface area contributed by atoms with E-state index in [0.29, 0.717) is 40.7 Å². The molecular weight excluding hydrogens is 597 g/mol. The van der Waals surface area contributed by atoms with E-state index in [2.05, 4.69) is 25.3 Å². The maximum absolute atomic E-state index is 14.1. The number of nitrogens with zero attached hydrogens (tertiary/aromatic N) is 5. The Balaban J connectivity index is 1.92. The van der Waals surface area contributed by atoms with Crippen molar-refractivity contribution in [2.75, 3.05) is 18.5 Å². The fraction of sp³-hybridized carbons (Fsp3) is 0.323. The second-order valence-electron chi connectivity index (χ2n) is 10.2. The average Bonchev–Trinajstić information content (AvgIpc) is 2.97. The van der Waals surface area contributed by atoms with Crippen molar-refractivity contribution >= 4 is 28.6 Å². The standard InChI is InChI=1S/C31H32ClF3N6O3/c1-4-5-21(19(3)31(33,34)35)17-41-28-22(15-37-30(40-28)39-23(8-10-42)9-11-43)12-25(29(41)44)24-7-6-20(13-26(24)32)27-16-36-14-18(2)38-27/h4-7,12-16,23,42-43H,8-11,17H2,1-3H3,(H,37,39,40)/b5-4-,21-19-. The van der Waals surface area contributed by atoms with Crippen molar-refractivity contribution in [2.45, 2.75) is 52.4 Å². The highest BCUT2D eigenvalue weighted by Crippen LogP contribution is 2.33. The molecule has 1 aromatic carbocycles. The molecule has 232 valence electrons. The number of aliphatic hydroxyl groups excluding tert-OH is 2. The summed E-state index contributed by atoms with van der Waals surface area (Å²) >= 11 is 6.69. The van der Waals surface area contributed by atoms with E-state index in [1.165, 1.54) is 22.9 Å². The van der Waals surface area contributed by atoms with E-state index in [9.17, 15) is 28.2 Å². The van der Waals surface area contributed by atoms with Crippen LogP contribution in [-0.4, -0.2) is 60.1 Å². The fourth-order valence-electron chi connectivity index (χ4n) is 4.70. The first-order chi connectivity index (χ1) is 21.0. The summed E-state index contributed by atoms with van der Waals surface area (Å²) in [6, 6.07) is 6.23. The van der Waals surface area contributed by atoms with Crippen LogP contribution in [0.2, 0.25) is 5.02 Å². The predicted octanol–water partition coefficient (Wildman–Crippen LogP) is 5.88. The number of nitrogens with one attached hydrogen (secondary N) is 1. The molecule has 3 aromatic heterocycles. The first-order valence-electron chi connectivity index (χ1n) is 13.8. The molecule has 4 rings (SSSR count). The Morgan fingerprint density at radius 3 is 2.43 bits per heavy atom. The molecule has 4 aromatic rings. The van der Waals surface area contributed by atoms with Crippen molar-refractivity contribution in [2.24, 2.45) is 0 Å². The third-order valence-electron chi connectivity index (χ3n) is 7.03. The molecule has 0 aliphatic heterocycles. The minimum Gasteiger partial charge on any atom is -0.396 e. The van der Waals surface area contributed by atoms with Crippen molar-refractivity contribution in [1.29, 1.82) is 0 Å². The molecule has 13 heteroatoms. The normalized spacial score (nSPS) is 12.8. The predicted molar refractivity (Wildman–Crippen MR) is 164 cm³/mol. The van der Waals surface area contributed by atoms with Gasteiger partial charge >= 0.3 is 6.18 Å². The van der Waals surface area contributed by atoms with Gasteiger partial charge in [-0.2, -0.15) is 18.2 Å². The van der Waals surface area contributed by atoms with E-state index in [1.54, 1.807) is 43.6 Å². The zero-order valence-corrected chi connectivity index (χ0v) is 25.1. The highest BCUT2D eigenvalue weighted by atomic mass is 35.5. The van der Waals surface area contributed by atoms with E-state index in [1.807, 2.05) is 6.92 Å². The smallest absolute Gasteiger partial charge is 0.396 e. The summed E-state index contributed by atoms with van der Waals surface area (Å²) in [6.45, 7) is 3.64. The van der Waals surface area contributed by atoms with Crippen molar-refractivity contribution in [1.82, 2.24) is 24.5 Å². The Morgan fingerprint density at radius 2 is 1.82 bits per heavy atom. The number of pyridine rings is 1. The molecular formula is C31H32ClF3N6O3. The van der Waals surface area contributed by atoms with Crippen LogP contribution in [0.3, 0.4) is 0 Å². The molecule has 0 aliphatic rings. The lowest BCUT2D eigenvalue weighted by Crippen LogP contribution is -2.27. The van der Waals surface area contributed by atoms with Gasteiger partial charge in [0.25, 0.3) is 5.56 Å². The zero-order valence-electron chi connectivity index (χ0n) is 24.4. The van der Waals surface area contributed by atoms with Gasteiger partial charge in [-0.15, -0.1) is 0 Å². The summed E-state index contributed by atoms with van der Waals surface area (Å²) < 4.78 is 42.6. The number of anilines is 1. The summed E-state index contributed by atoms with van der Waals surface area (Å²) in [7, 11) is 0. The minimum atomic E-state index is -4.62. The average molecular weight is 629 g/mol. The Labute approximate surface area is 256 Å². The Hall–Kier alpha value is -4.13. The van der Waals surface area contributed by atoms with Gasteiger partial charge in [-0.1, -0.05) is 35.9 Å². The molecule has 0 unspecified atom stereocenters. The SMILES string of the molecule is C/C=C\C(Cn1c(=O)c(-c2ccc(-c3cncc(C)n3)cc2Cl)cc2cnc(NC(CCO)CCO)nc21)=C(/C)C(F)(F)F. The topological polar surface area (TPSA) is 126 Å². The maximum Gasteiger partial charge on any atom is 0.412 e. The molecule has 0 radical (unpaired) electrons. The van der Waals surface area contributed by atoms with Crippen molar-refractivity contribution < 1.29 is 23.4 Å². The molecule has 3 heterocycles. The minimum absolute atomic E-state index is 0.0936. The van der Waals surface area contributed by atoms with E-state index >= 15 is 0 Å². The maximum atomic E-state index is 14.1. The molecule has 0 saturated carbocycles. The van der Waals surface area contributed by atoms with Crippen LogP contribution >= 0.6 is 11.6 Å².